The topological polar surface area (TPSA) is 36.9 Å². The Kier molecular flexibility index (Phi) is 11.8. The number of hydrogen-bond acceptors (Lipinski definition) is 4. The van der Waals surface area contributed by atoms with E-state index in [2.05, 4.69) is 48.5 Å². The normalized spacial score (nSPS) is 47.0. The molecule has 0 bridgehead atoms. The molecule has 154 valence electrons. The third-order valence-electron chi connectivity index (χ3n) is 6.29. The van der Waals surface area contributed by atoms with Crippen LogP contribution in [0.25, 0.3) is 0 Å². The highest BCUT2D eigenvalue weighted by Gasteiger charge is 2.44. The van der Waals surface area contributed by atoms with E-state index in [1.54, 1.807) is 7.11 Å². The summed E-state index contributed by atoms with van der Waals surface area (Å²) in [7, 11) is 1.71. The van der Waals surface area contributed by atoms with Crippen molar-refractivity contribution in [2.45, 2.75) is 102 Å². The molecule has 2 heterocycles. The van der Waals surface area contributed by atoms with E-state index in [0.29, 0.717) is 29.6 Å². The van der Waals surface area contributed by atoms with Gasteiger partial charge in [-0.1, -0.05) is 56.9 Å². The fourth-order valence-electron chi connectivity index (χ4n) is 3.82. The third-order valence-corrected chi connectivity index (χ3v) is 6.29. The zero-order chi connectivity index (χ0) is 16.6. The summed E-state index contributed by atoms with van der Waals surface area (Å²) in [4.78, 5) is 0. The van der Waals surface area contributed by atoms with Gasteiger partial charge < -0.3 is 18.9 Å². The minimum Gasteiger partial charge on any atom is -0.356 e. The quantitative estimate of drug-likeness (QED) is 0.655. The summed E-state index contributed by atoms with van der Waals surface area (Å²) in [5, 5.41) is 0. The lowest BCUT2D eigenvalue weighted by Crippen LogP contribution is -2.54. The van der Waals surface area contributed by atoms with Crippen molar-refractivity contribution in [3.63, 3.8) is 0 Å². The Morgan fingerprint density at radius 1 is 0.560 bits per heavy atom. The third kappa shape index (κ3) is 5.41. The molecule has 1 unspecified atom stereocenters. The molecule has 2 saturated heterocycles. The second-order valence-corrected chi connectivity index (χ2v) is 7.55. The maximum atomic E-state index is 6.42. The Bertz CT molecular complexity index is 362. The van der Waals surface area contributed by atoms with Gasteiger partial charge in [0.15, 0.2) is 12.6 Å². The van der Waals surface area contributed by atoms with E-state index in [9.17, 15) is 0 Å². The van der Waals surface area contributed by atoms with Crippen molar-refractivity contribution in [1.29, 1.82) is 0 Å². The molecule has 10 atom stereocenters. The van der Waals surface area contributed by atoms with Gasteiger partial charge in [0.25, 0.3) is 0 Å². The van der Waals surface area contributed by atoms with Crippen molar-refractivity contribution in [3.05, 3.63) is 0 Å². The second kappa shape index (κ2) is 10.9. The highest BCUT2D eigenvalue weighted by atomic mass is 16.7. The number of rotatable bonds is 3. The van der Waals surface area contributed by atoms with Crippen LogP contribution >= 0.6 is 0 Å². The van der Waals surface area contributed by atoms with Gasteiger partial charge in [-0.2, -0.15) is 0 Å². The Labute approximate surface area is 157 Å². The highest BCUT2D eigenvalue weighted by molar-refractivity contribution is 4.87. The molecule has 2 rings (SSSR count). The fourth-order valence-corrected chi connectivity index (χ4v) is 3.82. The molecule has 0 spiro atoms. The van der Waals surface area contributed by atoms with Crippen LogP contribution in [0.4, 0.5) is 0 Å². The molecule has 0 aromatic carbocycles. The van der Waals surface area contributed by atoms with Crippen molar-refractivity contribution in [2.75, 3.05) is 7.11 Å². The summed E-state index contributed by atoms with van der Waals surface area (Å²) in [6.45, 7) is 15.4. The van der Waals surface area contributed by atoms with Gasteiger partial charge in [0.2, 0.25) is 0 Å². The lowest BCUT2D eigenvalue weighted by molar-refractivity contribution is -0.316. The van der Waals surface area contributed by atoms with Crippen molar-refractivity contribution in [2.24, 2.45) is 29.6 Å². The maximum Gasteiger partial charge on any atom is 0.161 e. The first kappa shape index (κ1) is 27.1. The van der Waals surface area contributed by atoms with E-state index < -0.39 is 0 Å². The Morgan fingerprint density at radius 2 is 1.04 bits per heavy atom. The van der Waals surface area contributed by atoms with Crippen LogP contribution in [0.1, 0.15) is 70.7 Å². The van der Waals surface area contributed by atoms with Crippen molar-refractivity contribution in [1.82, 2.24) is 0 Å². The Hall–Kier alpha value is -0.160. The summed E-state index contributed by atoms with van der Waals surface area (Å²) >= 11 is 0. The molecular formula is C21H46O4. The van der Waals surface area contributed by atoms with Crippen LogP contribution in [-0.4, -0.2) is 38.0 Å². The lowest BCUT2D eigenvalue weighted by atomic mass is 9.79. The lowest BCUT2D eigenvalue weighted by Gasteiger charge is -2.48. The molecular weight excluding hydrogens is 316 g/mol. The van der Waals surface area contributed by atoms with Gasteiger partial charge in [-0.3, -0.25) is 0 Å². The average Bonchev–Trinajstić information content (AvgIpc) is 2.49. The number of methoxy groups -OCH3 is 1. The monoisotopic (exact) mass is 362 g/mol. The van der Waals surface area contributed by atoms with Crippen LogP contribution in [0.15, 0.2) is 0 Å². The minimum absolute atomic E-state index is 0. The fraction of sp³-hybridized carbons (Fsp3) is 1.00. The molecule has 2 fully saturated rings. The number of hydrogen-bond donors (Lipinski definition) is 0. The van der Waals surface area contributed by atoms with E-state index in [-0.39, 0.29) is 53.2 Å². The predicted molar refractivity (Wildman–Crippen MR) is 107 cm³/mol. The zero-order valence-electron chi connectivity index (χ0n) is 15.4. The van der Waals surface area contributed by atoms with Crippen molar-refractivity contribution < 1.29 is 18.9 Å². The van der Waals surface area contributed by atoms with Crippen LogP contribution in [0.3, 0.4) is 0 Å². The van der Waals surface area contributed by atoms with Gasteiger partial charge in [0.1, 0.15) is 0 Å². The summed E-state index contributed by atoms with van der Waals surface area (Å²) in [6.07, 6.45) is -0.00699. The van der Waals surface area contributed by atoms with Gasteiger partial charge in [-0.25, -0.2) is 0 Å². The number of ether oxygens (including phenoxy) is 4. The van der Waals surface area contributed by atoms with Gasteiger partial charge in [0.05, 0.1) is 18.3 Å². The van der Waals surface area contributed by atoms with Crippen molar-refractivity contribution in [3.8, 4) is 0 Å². The standard InChI is InChI=1S/C18H34O4.3CH4/c1-9-10(2)14(6)20-18(12(9)4)22-16-11(3)13(5)17(19-8)21-15(16)7;;;/h9-18H,1-8H3;3*1H4/t9-,10?,11+,12+,13+,14+,15+,16-,17+,18-;;;/m0.../s1. The van der Waals surface area contributed by atoms with E-state index in [1.165, 1.54) is 0 Å². The smallest absolute Gasteiger partial charge is 0.161 e. The summed E-state index contributed by atoms with van der Waals surface area (Å²) in [5.41, 5.74) is 0. The Balaban J connectivity index is 0. The molecule has 0 saturated carbocycles. The molecule has 2 aliphatic rings. The van der Waals surface area contributed by atoms with Crippen LogP contribution in [0, 0.1) is 29.6 Å². The predicted octanol–water partition coefficient (Wildman–Crippen LogP) is 5.60. The molecule has 4 heteroatoms. The summed E-state index contributed by atoms with van der Waals surface area (Å²) < 4.78 is 24.0. The van der Waals surface area contributed by atoms with E-state index in [0.717, 1.165) is 0 Å². The Morgan fingerprint density at radius 3 is 1.56 bits per heavy atom. The molecule has 0 aliphatic carbocycles. The second-order valence-electron chi connectivity index (χ2n) is 7.55. The molecule has 0 N–H and O–H groups in total. The minimum atomic E-state index is -0.147. The van der Waals surface area contributed by atoms with Gasteiger partial charge in [0, 0.05) is 18.9 Å². The highest BCUT2D eigenvalue weighted by Crippen LogP contribution is 2.39. The largest absolute Gasteiger partial charge is 0.356 e. The molecule has 0 aromatic heterocycles. The van der Waals surface area contributed by atoms with Gasteiger partial charge in [-0.05, 0) is 31.6 Å². The maximum absolute atomic E-state index is 6.42. The van der Waals surface area contributed by atoms with E-state index in [4.69, 9.17) is 18.9 Å². The summed E-state index contributed by atoms with van der Waals surface area (Å²) in [5.74, 6) is 2.21. The first-order chi connectivity index (χ1) is 10.3. The van der Waals surface area contributed by atoms with Gasteiger partial charge >= 0.3 is 0 Å². The first-order valence-electron chi connectivity index (χ1n) is 8.77. The van der Waals surface area contributed by atoms with Crippen LogP contribution in [0.2, 0.25) is 0 Å². The molecule has 0 radical (unpaired) electrons. The van der Waals surface area contributed by atoms with Crippen LogP contribution in [-0.2, 0) is 18.9 Å². The zero-order valence-corrected chi connectivity index (χ0v) is 15.4. The average molecular weight is 363 g/mol. The molecule has 0 amide bonds. The molecule has 25 heavy (non-hydrogen) atoms. The van der Waals surface area contributed by atoms with Crippen LogP contribution in [0.5, 0.6) is 0 Å². The van der Waals surface area contributed by atoms with Gasteiger partial charge in [-0.15, -0.1) is 0 Å². The van der Waals surface area contributed by atoms with Crippen LogP contribution < -0.4 is 0 Å². The molecule has 4 nitrogen and oxygen atoms in total. The van der Waals surface area contributed by atoms with Crippen molar-refractivity contribution >= 4 is 0 Å². The molecule has 2 aliphatic heterocycles. The van der Waals surface area contributed by atoms with E-state index >= 15 is 0 Å². The summed E-state index contributed by atoms with van der Waals surface area (Å²) in [6, 6.07) is 0. The molecule has 0 aromatic rings. The SMILES string of the molecule is C.C.C.CO[C@@H]1O[C@H](C)[C@@H](O[C@@H]2O[C@H](C)C(C)[C@H](C)[C@H]2C)[C@H](C)[C@H]1C. The van der Waals surface area contributed by atoms with E-state index in [1.807, 2.05) is 0 Å². The first-order valence-corrected chi connectivity index (χ1v) is 8.77.